The van der Waals surface area contributed by atoms with Crippen molar-refractivity contribution in [3.8, 4) is 11.5 Å². The van der Waals surface area contributed by atoms with Crippen molar-refractivity contribution in [1.29, 1.82) is 0 Å². The minimum atomic E-state index is 0.0455. The molecule has 0 radical (unpaired) electrons. The van der Waals surface area contributed by atoms with E-state index in [4.69, 9.17) is 9.47 Å². The number of nitrogens with one attached hydrogen (secondary N) is 1. The van der Waals surface area contributed by atoms with Crippen LogP contribution in [0.25, 0.3) is 0 Å². The molecule has 0 spiro atoms. The fourth-order valence-corrected chi connectivity index (χ4v) is 2.07. The molecule has 0 unspecified atom stereocenters. The maximum Gasteiger partial charge on any atom is 0.224 e. The number of ether oxygens (including phenoxy) is 2. The van der Waals surface area contributed by atoms with E-state index in [1.807, 2.05) is 18.2 Å². The summed E-state index contributed by atoms with van der Waals surface area (Å²) in [6.45, 7) is 5.04. The van der Waals surface area contributed by atoms with Crippen LogP contribution in [0.15, 0.2) is 18.2 Å². The summed E-state index contributed by atoms with van der Waals surface area (Å²) in [5, 5.41) is 2.99. The summed E-state index contributed by atoms with van der Waals surface area (Å²) in [6.07, 6.45) is 2.54. The molecule has 0 atom stereocenters. The number of benzene rings is 1. The molecule has 0 fully saturated rings. The average Bonchev–Trinajstić information content (AvgIpc) is 2.48. The van der Waals surface area contributed by atoms with Crippen molar-refractivity contribution in [3.63, 3.8) is 0 Å². The molecule has 1 amide bonds. The van der Waals surface area contributed by atoms with Crippen LogP contribution in [-0.4, -0.2) is 26.7 Å². The maximum atomic E-state index is 11.9. The summed E-state index contributed by atoms with van der Waals surface area (Å²) in [7, 11) is 3.19. The third kappa shape index (κ3) is 4.76. The van der Waals surface area contributed by atoms with E-state index in [2.05, 4.69) is 19.2 Å². The molecule has 0 saturated heterocycles. The molecule has 20 heavy (non-hydrogen) atoms. The lowest BCUT2D eigenvalue weighted by molar-refractivity contribution is -0.120. The Morgan fingerprint density at radius 2 is 1.80 bits per heavy atom. The van der Waals surface area contributed by atoms with Crippen LogP contribution in [0.4, 0.5) is 0 Å². The Morgan fingerprint density at radius 3 is 2.35 bits per heavy atom. The monoisotopic (exact) mass is 279 g/mol. The van der Waals surface area contributed by atoms with E-state index < -0.39 is 0 Å². The lowest BCUT2D eigenvalue weighted by Gasteiger charge is -2.14. The molecular formula is C16H25NO3. The van der Waals surface area contributed by atoms with Gasteiger partial charge in [0.2, 0.25) is 5.91 Å². The normalized spacial score (nSPS) is 10.4. The van der Waals surface area contributed by atoms with Crippen LogP contribution in [0.1, 0.15) is 32.3 Å². The summed E-state index contributed by atoms with van der Waals surface area (Å²) in [5.74, 6) is 1.93. The van der Waals surface area contributed by atoms with Gasteiger partial charge in [-0.1, -0.05) is 32.8 Å². The molecule has 1 N–H and O–H groups in total. The third-order valence-corrected chi connectivity index (χ3v) is 3.56. The second-order valence-electron chi connectivity index (χ2n) is 4.85. The predicted octanol–water partition coefficient (Wildman–Crippen LogP) is 2.80. The van der Waals surface area contributed by atoms with Gasteiger partial charge in [-0.05, 0) is 23.6 Å². The van der Waals surface area contributed by atoms with Crippen molar-refractivity contribution in [2.75, 3.05) is 20.8 Å². The van der Waals surface area contributed by atoms with Gasteiger partial charge in [-0.25, -0.2) is 0 Å². The highest BCUT2D eigenvalue weighted by atomic mass is 16.5. The Morgan fingerprint density at radius 1 is 1.15 bits per heavy atom. The number of rotatable bonds is 8. The van der Waals surface area contributed by atoms with Gasteiger partial charge in [0.05, 0.1) is 20.6 Å². The van der Waals surface area contributed by atoms with E-state index in [0.29, 0.717) is 23.8 Å². The Balaban J connectivity index is 2.57. The molecule has 0 bridgehead atoms. The molecule has 4 heteroatoms. The zero-order valence-corrected chi connectivity index (χ0v) is 12.9. The van der Waals surface area contributed by atoms with Gasteiger partial charge >= 0.3 is 0 Å². The maximum absolute atomic E-state index is 11.9. The standard InChI is InChI=1S/C16H25NO3/c1-5-12(6-2)11-17-16(18)10-13-7-8-14(19-3)15(9-13)20-4/h7-9,12H,5-6,10-11H2,1-4H3,(H,17,18). The van der Waals surface area contributed by atoms with Crippen LogP contribution in [0, 0.1) is 5.92 Å². The van der Waals surface area contributed by atoms with Gasteiger partial charge in [-0.15, -0.1) is 0 Å². The second-order valence-corrected chi connectivity index (χ2v) is 4.85. The average molecular weight is 279 g/mol. The molecule has 0 aliphatic carbocycles. The lowest BCUT2D eigenvalue weighted by atomic mass is 10.0. The van der Waals surface area contributed by atoms with E-state index in [1.54, 1.807) is 14.2 Å². The minimum Gasteiger partial charge on any atom is -0.493 e. The van der Waals surface area contributed by atoms with E-state index in [9.17, 15) is 4.79 Å². The van der Waals surface area contributed by atoms with Crippen molar-refractivity contribution in [1.82, 2.24) is 5.32 Å². The number of carbonyl (C=O) groups is 1. The molecule has 1 rings (SSSR count). The van der Waals surface area contributed by atoms with Crippen LogP contribution < -0.4 is 14.8 Å². The Hall–Kier alpha value is -1.71. The Labute approximate surface area is 121 Å². The van der Waals surface area contributed by atoms with Gasteiger partial charge in [0, 0.05) is 6.54 Å². The molecule has 1 aromatic carbocycles. The van der Waals surface area contributed by atoms with Gasteiger partial charge < -0.3 is 14.8 Å². The summed E-state index contributed by atoms with van der Waals surface area (Å²) in [6, 6.07) is 5.55. The topological polar surface area (TPSA) is 47.6 Å². The van der Waals surface area contributed by atoms with Crippen LogP contribution in [-0.2, 0) is 11.2 Å². The molecule has 0 aromatic heterocycles. The first-order chi connectivity index (χ1) is 9.64. The van der Waals surface area contributed by atoms with E-state index >= 15 is 0 Å². The van der Waals surface area contributed by atoms with Gasteiger partial charge in [0.15, 0.2) is 11.5 Å². The van der Waals surface area contributed by atoms with E-state index in [-0.39, 0.29) is 5.91 Å². The second kappa shape index (κ2) is 8.46. The SMILES string of the molecule is CCC(CC)CNC(=O)Cc1ccc(OC)c(OC)c1. The van der Waals surface area contributed by atoms with Crippen molar-refractivity contribution < 1.29 is 14.3 Å². The summed E-state index contributed by atoms with van der Waals surface area (Å²) in [5.41, 5.74) is 0.921. The largest absolute Gasteiger partial charge is 0.493 e. The van der Waals surface area contributed by atoms with Crippen LogP contribution in [0.3, 0.4) is 0 Å². The van der Waals surface area contributed by atoms with Gasteiger partial charge in [-0.2, -0.15) is 0 Å². The number of hydrogen-bond donors (Lipinski definition) is 1. The predicted molar refractivity (Wildman–Crippen MR) is 80.3 cm³/mol. The first kappa shape index (κ1) is 16.3. The van der Waals surface area contributed by atoms with Crippen molar-refractivity contribution in [2.24, 2.45) is 5.92 Å². The van der Waals surface area contributed by atoms with Gasteiger partial charge in [0.25, 0.3) is 0 Å². The molecule has 1 aromatic rings. The fourth-order valence-electron chi connectivity index (χ4n) is 2.07. The quantitative estimate of drug-likeness (QED) is 0.796. The van der Waals surface area contributed by atoms with E-state index in [1.165, 1.54) is 0 Å². The molecular weight excluding hydrogens is 254 g/mol. The van der Waals surface area contributed by atoms with Gasteiger partial charge in [-0.3, -0.25) is 4.79 Å². The number of amides is 1. The first-order valence-electron chi connectivity index (χ1n) is 7.12. The number of methoxy groups -OCH3 is 2. The third-order valence-electron chi connectivity index (χ3n) is 3.56. The molecule has 0 aliphatic rings. The highest BCUT2D eigenvalue weighted by Crippen LogP contribution is 2.27. The van der Waals surface area contributed by atoms with Crippen LogP contribution in [0.5, 0.6) is 11.5 Å². The van der Waals surface area contributed by atoms with Crippen molar-refractivity contribution in [3.05, 3.63) is 23.8 Å². The summed E-state index contributed by atoms with van der Waals surface area (Å²) < 4.78 is 10.4. The van der Waals surface area contributed by atoms with Crippen LogP contribution >= 0.6 is 0 Å². The molecule has 0 saturated carbocycles. The fraction of sp³-hybridized carbons (Fsp3) is 0.562. The zero-order chi connectivity index (χ0) is 15.0. The number of carbonyl (C=O) groups excluding carboxylic acids is 1. The first-order valence-corrected chi connectivity index (χ1v) is 7.12. The number of hydrogen-bond acceptors (Lipinski definition) is 3. The van der Waals surface area contributed by atoms with Gasteiger partial charge in [0.1, 0.15) is 0 Å². The molecule has 4 nitrogen and oxygen atoms in total. The smallest absolute Gasteiger partial charge is 0.224 e. The van der Waals surface area contributed by atoms with E-state index in [0.717, 1.165) is 24.9 Å². The molecule has 112 valence electrons. The highest BCUT2D eigenvalue weighted by Gasteiger charge is 2.10. The Bertz CT molecular complexity index is 428. The summed E-state index contributed by atoms with van der Waals surface area (Å²) in [4.78, 5) is 11.9. The Kier molecular flexibility index (Phi) is 6.91. The van der Waals surface area contributed by atoms with Crippen molar-refractivity contribution in [2.45, 2.75) is 33.1 Å². The highest BCUT2D eigenvalue weighted by molar-refractivity contribution is 5.78. The van der Waals surface area contributed by atoms with Crippen molar-refractivity contribution >= 4 is 5.91 Å². The summed E-state index contributed by atoms with van der Waals surface area (Å²) >= 11 is 0. The zero-order valence-electron chi connectivity index (χ0n) is 12.9. The van der Waals surface area contributed by atoms with Crippen LogP contribution in [0.2, 0.25) is 0 Å². The molecule has 0 heterocycles. The lowest BCUT2D eigenvalue weighted by Crippen LogP contribution is -2.30. The minimum absolute atomic E-state index is 0.0455. The molecule has 0 aliphatic heterocycles.